The van der Waals surface area contributed by atoms with E-state index in [1.807, 2.05) is 0 Å². The van der Waals surface area contributed by atoms with E-state index in [2.05, 4.69) is 15.5 Å². The molecule has 2 rings (SSSR count). The van der Waals surface area contributed by atoms with Crippen LogP contribution in [0.2, 0.25) is 0 Å². The van der Waals surface area contributed by atoms with Gasteiger partial charge in [-0.15, -0.1) is 10.2 Å². The molecular formula is C9H16N6O3S2. The van der Waals surface area contributed by atoms with E-state index in [9.17, 15) is 13.2 Å². The first-order valence-corrected chi connectivity index (χ1v) is 8.18. The minimum atomic E-state index is -3.41. The Kier molecular flexibility index (Phi) is 4.52. The molecular weight excluding hydrogens is 304 g/mol. The molecule has 1 aliphatic rings. The molecule has 0 bridgehead atoms. The second-order valence-corrected chi connectivity index (χ2v) is 7.33. The highest BCUT2D eigenvalue weighted by molar-refractivity contribution is 7.86. The lowest BCUT2D eigenvalue weighted by Gasteiger charge is -2.34. The summed E-state index contributed by atoms with van der Waals surface area (Å²) in [5, 5.41) is 10.4. The molecule has 1 aromatic rings. The van der Waals surface area contributed by atoms with Crippen LogP contribution in [0, 0.1) is 0 Å². The number of nitrogens with zero attached hydrogens (tertiary/aromatic N) is 5. The van der Waals surface area contributed by atoms with Crippen LogP contribution in [0.25, 0.3) is 0 Å². The van der Waals surface area contributed by atoms with Crippen LogP contribution in [0.3, 0.4) is 0 Å². The Bertz CT molecular complexity index is 550. The molecule has 11 heteroatoms. The smallest absolute Gasteiger partial charge is 0.322 e. The van der Waals surface area contributed by atoms with E-state index < -0.39 is 10.2 Å². The molecule has 2 heterocycles. The minimum absolute atomic E-state index is 0.282. The monoisotopic (exact) mass is 320 g/mol. The van der Waals surface area contributed by atoms with Crippen molar-refractivity contribution in [2.75, 3.05) is 45.6 Å². The molecule has 0 radical (unpaired) electrons. The molecule has 0 spiro atoms. The highest BCUT2D eigenvalue weighted by atomic mass is 32.2. The first kappa shape index (κ1) is 15.1. The summed E-state index contributed by atoms with van der Waals surface area (Å²) in [6.45, 7) is 1.25. The number of carbonyl (C=O) groups is 1. The van der Waals surface area contributed by atoms with Crippen LogP contribution in [0.1, 0.15) is 0 Å². The maximum Gasteiger partial charge on any atom is 0.323 e. The molecule has 9 nitrogen and oxygen atoms in total. The van der Waals surface area contributed by atoms with Gasteiger partial charge in [0.15, 0.2) is 0 Å². The van der Waals surface area contributed by atoms with E-state index in [0.29, 0.717) is 18.2 Å². The van der Waals surface area contributed by atoms with Crippen molar-refractivity contribution >= 4 is 32.7 Å². The standard InChI is InChI=1S/C9H16N6O3S2/c1-13(2)20(17,18)15-5-3-14(4-6-15)9(16)11-8-12-10-7-19-8/h7H,3-6H2,1-2H3,(H,11,12,16). The Balaban J connectivity index is 1.90. The molecule has 0 aromatic carbocycles. The van der Waals surface area contributed by atoms with E-state index in [0.717, 1.165) is 0 Å². The van der Waals surface area contributed by atoms with Crippen molar-refractivity contribution in [2.45, 2.75) is 0 Å². The van der Waals surface area contributed by atoms with Gasteiger partial charge < -0.3 is 4.90 Å². The van der Waals surface area contributed by atoms with E-state index in [1.165, 1.54) is 39.6 Å². The van der Waals surface area contributed by atoms with Crippen LogP contribution >= 0.6 is 11.3 Å². The second-order valence-electron chi connectivity index (χ2n) is 4.35. The number of anilines is 1. The second kappa shape index (κ2) is 5.99. The molecule has 0 unspecified atom stereocenters. The quantitative estimate of drug-likeness (QED) is 0.809. The number of urea groups is 1. The maximum absolute atomic E-state index is 11.9. The number of aromatic nitrogens is 2. The molecule has 1 N–H and O–H groups in total. The third kappa shape index (κ3) is 3.23. The fourth-order valence-electron chi connectivity index (χ4n) is 1.75. The van der Waals surface area contributed by atoms with Crippen LogP contribution < -0.4 is 5.32 Å². The number of rotatable bonds is 3. The molecule has 1 aliphatic heterocycles. The van der Waals surface area contributed by atoms with Gasteiger partial charge in [0.1, 0.15) is 5.51 Å². The lowest BCUT2D eigenvalue weighted by molar-refractivity contribution is 0.182. The van der Waals surface area contributed by atoms with Crippen LogP contribution in [0.15, 0.2) is 5.51 Å². The number of nitrogens with one attached hydrogen (secondary N) is 1. The Morgan fingerprint density at radius 1 is 1.35 bits per heavy atom. The molecule has 1 fully saturated rings. The lowest BCUT2D eigenvalue weighted by Crippen LogP contribution is -2.53. The predicted octanol–water partition coefficient (Wildman–Crippen LogP) is -0.506. The summed E-state index contributed by atoms with van der Waals surface area (Å²) >= 11 is 1.23. The van der Waals surface area contributed by atoms with E-state index in [-0.39, 0.29) is 19.1 Å². The zero-order chi connectivity index (χ0) is 14.8. The Labute approximate surface area is 121 Å². The van der Waals surface area contributed by atoms with Gasteiger partial charge in [-0.25, -0.2) is 4.79 Å². The zero-order valence-electron chi connectivity index (χ0n) is 11.2. The van der Waals surface area contributed by atoms with Gasteiger partial charge in [0.2, 0.25) is 5.13 Å². The first-order valence-electron chi connectivity index (χ1n) is 5.91. The predicted molar refractivity (Wildman–Crippen MR) is 74.7 cm³/mol. The highest BCUT2D eigenvalue weighted by Crippen LogP contribution is 2.12. The SMILES string of the molecule is CN(C)S(=O)(=O)N1CCN(C(=O)Nc2nncs2)CC1. The summed E-state index contributed by atoms with van der Waals surface area (Å²) in [5.74, 6) is 0. The van der Waals surface area contributed by atoms with Gasteiger partial charge in [0, 0.05) is 40.3 Å². The summed E-state index contributed by atoms with van der Waals surface area (Å²) in [6, 6.07) is -0.288. The molecule has 0 saturated carbocycles. The van der Waals surface area contributed by atoms with Gasteiger partial charge in [-0.2, -0.15) is 17.0 Å². The number of hydrogen-bond acceptors (Lipinski definition) is 6. The largest absolute Gasteiger partial charge is 0.323 e. The first-order chi connectivity index (χ1) is 9.41. The number of piperazine rings is 1. The average Bonchev–Trinajstić information content (AvgIpc) is 2.91. The molecule has 20 heavy (non-hydrogen) atoms. The lowest BCUT2D eigenvalue weighted by atomic mass is 10.4. The molecule has 0 aliphatic carbocycles. The molecule has 112 valence electrons. The van der Waals surface area contributed by atoms with Crippen molar-refractivity contribution < 1.29 is 13.2 Å². The van der Waals surface area contributed by atoms with Crippen LogP contribution in [-0.4, -0.2) is 78.4 Å². The van der Waals surface area contributed by atoms with Gasteiger partial charge in [0.25, 0.3) is 10.2 Å². The minimum Gasteiger partial charge on any atom is -0.322 e. The van der Waals surface area contributed by atoms with Crippen molar-refractivity contribution in [1.29, 1.82) is 0 Å². The van der Waals surface area contributed by atoms with Gasteiger partial charge >= 0.3 is 6.03 Å². The number of hydrogen-bond donors (Lipinski definition) is 1. The summed E-state index contributed by atoms with van der Waals surface area (Å²) in [7, 11) is -0.431. The van der Waals surface area contributed by atoms with E-state index >= 15 is 0 Å². The van der Waals surface area contributed by atoms with E-state index in [1.54, 1.807) is 4.90 Å². The van der Waals surface area contributed by atoms with Crippen molar-refractivity contribution in [3.05, 3.63) is 5.51 Å². The highest BCUT2D eigenvalue weighted by Gasteiger charge is 2.30. The molecule has 1 saturated heterocycles. The third-order valence-electron chi connectivity index (χ3n) is 2.89. The fourth-order valence-corrected chi connectivity index (χ4v) is 3.27. The summed E-state index contributed by atoms with van der Waals surface area (Å²) in [5.41, 5.74) is 1.53. The van der Waals surface area contributed by atoms with Crippen molar-refractivity contribution in [2.24, 2.45) is 0 Å². The van der Waals surface area contributed by atoms with Crippen LogP contribution in [0.4, 0.5) is 9.93 Å². The fraction of sp³-hybridized carbons (Fsp3) is 0.667. The van der Waals surface area contributed by atoms with Crippen molar-refractivity contribution in [3.63, 3.8) is 0 Å². The summed E-state index contributed by atoms with van der Waals surface area (Å²) in [6.07, 6.45) is 0. The Morgan fingerprint density at radius 3 is 2.50 bits per heavy atom. The zero-order valence-corrected chi connectivity index (χ0v) is 12.8. The summed E-state index contributed by atoms with van der Waals surface area (Å²) in [4.78, 5) is 13.5. The van der Waals surface area contributed by atoms with Gasteiger partial charge in [-0.3, -0.25) is 5.32 Å². The normalized spacial score (nSPS) is 17.4. The molecule has 2 amide bonds. The average molecular weight is 320 g/mol. The van der Waals surface area contributed by atoms with Gasteiger partial charge in [0.05, 0.1) is 0 Å². The number of amides is 2. The molecule has 0 atom stereocenters. The van der Waals surface area contributed by atoms with Crippen LogP contribution in [0.5, 0.6) is 0 Å². The Hall–Kier alpha value is -1.30. The number of carbonyl (C=O) groups excluding carboxylic acids is 1. The Morgan fingerprint density at radius 2 is 2.00 bits per heavy atom. The summed E-state index contributed by atoms with van der Waals surface area (Å²) < 4.78 is 26.4. The van der Waals surface area contributed by atoms with Gasteiger partial charge in [-0.1, -0.05) is 11.3 Å². The van der Waals surface area contributed by atoms with Crippen molar-refractivity contribution in [3.8, 4) is 0 Å². The van der Waals surface area contributed by atoms with E-state index in [4.69, 9.17) is 0 Å². The maximum atomic E-state index is 11.9. The topological polar surface area (TPSA) is 98.7 Å². The van der Waals surface area contributed by atoms with Crippen molar-refractivity contribution in [1.82, 2.24) is 23.7 Å². The van der Waals surface area contributed by atoms with Crippen LogP contribution in [-0.2, 0) is 10.2 Å². The molecule has 1 aromatic heterocycles. The van der Waals surface area contributed by atoms with Gasteiger partial charge in [-0.05, 0) is 0 Å². The third-order valence-corrected chi connectivity index (χ3v) is 5.43.